The smallest absolute Gasteiger partial charge is 0.136 e. The third kappa shape index (κ3) is 4.41. The maximum Gasteiger partial charge on any atom is 0.136 e. The molecule has 246 valence electrons. The van der Waals surface area contributed by atoms with Crippen molar-refractivity contribution in [2.75, 3.05) is 0 Å². The van der Waals surface area contributed by atoms with Gasteiger partial charge >= 0.3 is 0 Å². The van der Waals surface area contributed by atoms with Gasteiger partial charge in [-0.05, 0) is 107 Å². The molecule has 0 aliphatic heterocycles. The van der Waals surface area contributed by atoms with E-state index in [1.807, 2.05) is 42.5 Å². The zero-order valence-electron chi connectivity index (χ0n) is 28.5. The van der Waals surface area contributed by atoms with E-state index in [0.29, 0.717) is 5.56 Å². The van der Waals surface area contributed by atoms with Crippen LogP contribution in [0.1, 0.15) is 5.56 Å². The van der Waals surface area contributed by atoms with Crippen molar-refractivity contribution in [3.8, 4) is 39.7 Å². The fraction of sp³-hybridized carbons (Fsp3) is 0. The van der Waals surface area contributed by atoms with E-state index in [-0.39, 0.29) is 0 Å². The summed E-state index contributed by atoms with van der Waals surface area (Å²) in [6.45, 7) is 0. The van der Waals surface area contributed by atoms with E-state index in [2.05, 4.69) is 149 Å². The second kappa shape index (κ2) is 11.3. The van der Waals surface area contributed by atoms with Crippen LogP contribution in [0.2, 0.25) is 0 Å². The number of nitriles is 1. The van der Waals surface area contributed by atoms with Gasteiger partial charge in [-0.25, -0.2) is 0 Å². The lowest BCUT2D eigenvalue weighted by Gasteiger charge is -2.11. The number of hydrogen-bond acceptors (Lipinski definition) is 2. The minimum atomic E-state index is 0.655. The predicted octanol–water partition coefficient (Wildman–Crippen LogP) is 13.0. The molecule has 0 saturated heterocycles. The van der Waals surface area contributed by atoms with Gasteiger partial charge in [0.1, 0.15) is 11.2 Å². The van der Waals surface area contributed by atoms with E-state index < -0.39 is 0 Å². The van der Waals surface area contributed by atoms with E-state index in [9.17, 15) is 5.26 Å². The topological polar surface area (TPSA) is 46.8 Å². The van der Waals surface area contributed by atoms with Crippen molar-refractivity contribution in [1.29, 1.82) is 5.26 Å². The lowest BCUT2D eigenvalue weighted by Crippen LogP contribution is -1.94. The van der Waals surface area contributed by atoms with Gasteiger partial charge in [0.15, 0.2) is 0 Å². The molecule has 0 unspecified atom stereocenters. The second-order valence-corrected chi connectivity index (χ2v) is 13.7. The van der Waals surface area contributed by atoms with E-state index in [1.54, 1.807) is 0 Å². The average Bonchev–Trinajstić information content (AvgIpc) is 3.88. The number of aromatic nitrogens is 2. The van der Waals surface area contributed by atoms with Crippen molar-refractivity contribution in [2.24, 2.45) is 0 Å². The summed E-state index contributed by atoms with van der Waals surface area (Å²) < 4.78 is 10.9. The van der Waals surface area contributed by atoms with Gasteiger partial charge in [0.05, 0.1) is 33.7 Å². The Morgan fingerprint density at radius 1 is 0.396 bits per heavy atom. The van der Waals surface area contributed by atoms with Gasteiger partial charge in [0.2, 0.25) is 0 Å². The third-order valence-electron chi connectivity index (χ3n) is 10.8. The van der Waals surface area contributed by atoms with Crippen LogP contribution in [0.4, 0.5) is 0 Å². The molecular weight excluding hydrogens is 647 g/mol. The summed E-state index contributed by atoms with van der Waals surface area (Å²) in [7, 11) is 0. The van der Waals surface area contributed by atoms with E-state index in [0.717, 1.165) is 49.9 Å². The number of hydrogen-bond donors (Lipinski definition) is 0. The van der Waals surface area contributed by atoms with Gasteiger partial charge in [-0.2, -0.15) is 5.26 Å². The molecule has 0 amide bonds. The van der Waals surface area contributed by atoms with Crippen molar-refractivity contribution in [1.82, 2.24) is 9.13 Å². The molecular formula is C49H29N3O. The quantitative estimate of drug-likeness (QED) is 0.186. The Morgan fingerprint density at radius 3 is 1.49 bits per heavy atom. The molecule has 0 saturated carbocycles. The monoisotopic (exact) mass is 675 g/mol. The minimum absolute atomic E-state index is 0.655. The van der Waals surface area contributed by atoms with E-state index in [4.69, 9.17) is 4.42 Å². The number of benzene rings is 8. The molecule has 0 aliphatic carbocycles. The van der Waals surface area contributed by atoms with Gasteiger partial charge in [-0.1, -0.05) is 91.0 Å². The first-order valence-corrected chi connectivity index (χ1v) is 17.8. The van der Waals surface area contributed by atoms with Gasteiger partial charge < -0.3 is 13.6 Å². The predicted molar refractivity (Wildman–Crippen MR) is 218 cm³/mol. The maximum absolute atomic E-state index is 9.36. The summed E-state index contributed by atoms with van der Waals surface area (Å²) in [5.41, 5.74) is 13.9. The molecule has 0 spiro atoms. The van der Waals surface area contributed by atoms with Crippen molar-refractivity contribution >= 4 is 65.6 Å². The SMILES string of the molecule is N#Cc1ccc(-n2c3ccccc3c3cc(-c4ccc5c(c4)c4ccccc4n5-c4ccc(-c5cccc6oc7ccccc7c56)cc4)ccc32)cc1. The lowest BCUT2D eigenvalue weighted by molar-refractivity contribution is 0.669. The zero-order valence-corrected chi connectivity index (χ0v) is 28.5. The normalized spacial score (nSPS) is 11.8. The highest BCUT2D eigenvalue weighted by molar-refractivity contribution is 6.14. The van der Waals surface area contributed by atoms with Crippen LogP contribution in [-0.2, 0) is 0 Å². The van der Waals surface area contributed by atoms with Crippen LogP contribution in [0.25, 0.3) is 99.2 Å². The third-order valence-corrected chi connectivity index (χ3v) is 10.8. The molecule has 0 radical (unpaired) electrons. The molecule has 3 aromatic heterocycles. The Morgan fingerprint density at radius 2 is 0.887 bits per heavy atom. The Labute approximate surface area is 304 Å². The summed E-state index contributed by atoms with van der Waals surface area (Å²) in [5.74, 6) is 0. The molecule has 4 heteroatoms. The van der Waals surface area contributed by atoms with Gasteiger partial charge in [0, 0.05) is 43.7 Å². The van der Waals surface area contributed by atoms with Gasteiger partial charge in [0.25, 0.3) is 0 Å². The second-order valence-electron chi connectivity index (χ2n) is 13.7. The fourth-order valence-electron chi connectivity index (χ4n) is 8.35. The Hall–Kier alpha value is -7.35. The maximum atomic E-state index is 9.36. The molecule has 0 bridgehead atoms. The highest BCUT2D eigenvalue weighted by Crippen LogP contribution is 2.40. The number of rotatable bonds is 4. The number of fused-ring (bicyclic) bond motifs is 9. The molecule has 4 nitrogen and oxygen atoms in total. The van der Waals surface area contributed by atoms with Crippen molar-refractivity contribution < 1.29 is 4.42 Å². The molecule has 0 atom stereocenters. The van der Waals surface area contributed by atoms with Crippen LogP contribution in [0.15, 0.2) is 180 Å². The summed E-state index contributed by atoms with van der Waals surface area (Å²) in [6.07, 6.45) is 0. The Balaban J connectivity index is 1.03. The summed E-state index contributed by atoms with van der Waals surface area (Å²) >= 11 is 0. The van der Waals surface area contributed by atoms with Gasteiger partial charge in [-0.3, -0.25) is 0 Å². The highest BCUT2D eigenvalue weighted by Gasteiger charge is 2.17. The molecule has 11 aromatic rings. The van der Waals surface area contributed by atoms with Gasteiger partial charge in [-0.15, -0.1) is 0 Å². The van der Waals surface area contributed by atoms with Crippen LogP contribution in [-0.4, -0.2) is 9.13 Å². The van der Waals surface area contributed by atoms with Crippen LogP contribution in [0.5, 0.6) is 0 Å². The summed E-state index contributed by atoms with van der Waals surface area (Å²) in [4.78, 5) is 0. The molecule has 53 heavy (non-hydrogen) atoms. The minimum Gasteiger partial charge on any atom is -0.456 e. The Kier molecular flexibility index (Phi) is 6.28. The molecule has 0 N–H and O–H groups in total. The largest absolute Gasteiger partial charge is 0.456 e. The number of para-hydroxylation sites is 3. The van der Waals surface area contributed by atoms with Crippen LogP contribution in [0.3, 0.4) is 0 Å². The zero-order chi connectivity index (χ0) is 35.0. The highest BCUT2D eigenvalue weighted by atomic mass is 16.3. The van der Waals surface area contributed by atoms with Crippen LogP contribution < -0.4 is 0 Å². The summed E-state index contributed by atoms with van der Waals surface area (Å²) in [5, 5.41) is 16.5. The first kappa shape index (κ1) is 29.4. The Bertz CT molecular complexity index is 3280. The molecule has 0 fully saturated rings. The van der Waals surface area contributed by atoms with E-state index in [1.165, 1.54) is 49.3 Å². The van der Waals surface area contributed by atoms with Crippen molar-refractivity contribution in [3.63, 3.8) is 0 Å². The average molecular weight is 676 g/mol. The first-order valence-electron chi connectivity index (χ1n) is 17.8. The molecule has 11 rings (SSSR count). The number of nitrogens with zero attached hydrogens (tertiary/aromatic N) is 3. The standard InChI is InChI=1S/C49H29N3O/c50-30-31-16-22-35(23-17-31)51-43-12-4-1-8-38(43)41-28-33(20-26-45(41)51)34-21-27-46-42(29-34)39-9-2-5-13-44(39)52(46)36-24-18-32(19-25-36)37-11-7-15-48-49(37)40-10-3-6-14-47(40)53-48/h1-29H. The van der Waals surface area contributed by atoms with Crippen molar-refractivity contribution in [3.05, 3.63) is 181 Å². The number of furan rings is 1. The lowest BCUT2D eigenvalue weighted by atomic mass is 9.99. The van der Waals surface area contributed by atoms with Crippen molar-refractivity contribution in [2.45, 2.75) is 0 Å². The molecule has 3 heterocycles. The molecule has 8 aromatic carbocycles. The fourth-order valence-corrected chi connectivity index (χ4v) is 8.35. The van der Waals surface area contributed by atoms with E-state index >= 15 is 0 Å². The molecule has 0 aliphatic rings. The summed E-state index contributed by atoms with van der Waals surface area (Å²) in [6, 6.07) is 64.4. The van der Waals surface area contributed by atoms with Crippen LogP contribution >= 0.6 is 0 Å². The van der Waals surface area contributed by atoms with Crippen LogP contribution in [0, 0.1) is 11.3 Å². The first-order chi connectivity index (χ1) is 26.2.